The molecule has 0 aliphatic carbocycles. The molecule has 6 nitrogen and oxygen atoms in total. The van der Waals surface area contributed by atoms with Crippen molar-refractivity contribution in [3.05, 3.63) is 47.5 Å². The minimum Gasteiger partial charge on any atom is -0.369 e. The summed E-state index contributed by atoms with van der Waals surface area (Å²) in [6.45, 7) is 11.5. The lowest BCUT2D eigenvalue weighted by Gasteiger charge is -2.36. The van der Waals surface area contributed by atoms with Crippen molar-refractivity contribution in [1.82, 2.24) is 14.9 Å². The first kappa shape index (κ1) is 17.4. The van der Waals surface area contributed by atoms with Crippen molar-refractivity contribution < 1.29 is 4.79 Å². The third-order valence-electron chi connectivity index (χ3n) is 4.63. The SMILES string of the molecule is CCN1CCN(c2ccc(NC(=O)c3cnc(C)cn3)cc2C)CC1. The molecule has 1 aromatic heterocycles. The molecule has 0 radical (unpaired) electrons. The maximum absolute atomic E-state index is 12.3. The van der Waals surface area contributed by atoms with Gasteiger partial charge < -0.3 is 15.1 Å². The normalized spacial score (nSPS) is 15.2. The Morgan fingerprint density at radius 3 is 2.48 bits per heavy atom. The molecule has 1 fully saturated rings. The van der Waals surface area contributed by atoms with Crippen molar-refractivity contribution in [2.45, 2.75) is 20.8 Å². The van der Waals surface area contributed by atoms with Gasteiger partial charge in [-0.3, -0.25) is 9.78 Å². The highest BCUT2D eigenvalue weighted by Crippen LogP contribution is 2.25. The van der Waals surface area contributed by atoms with Gasteiger partial charge in [-0.2, -0.15) is 0 Å². The van der Waals surface area contributed by atoms with E-state index in [0.717, 1.165) is 49.7 Å². The van der Waals surface area contributed by atoms with Crippen LogP contribution >= 0.6 is 0 Å². The van der Waals surface area contributed by atoms with Gasteiger partial charge in [0.15, 0.2) is 0 Å². The summed E-state index contributed by atoms with van der Waals surface area (Å²) < 4.78 is 0. The van der Waals surface area contributed by atoms with E-state index in [1.165, 1.54) is 11.9 Å². The van der Waals surface area contributed by atoms with Crippen LogP contribution in [0.4, 0.5) is 11.4 Å². The highest BCUT2D eigenvalue weighted by atomic mass is 16.1. The van der Waals surface area contributed by atoms with Crippen LogP contribution in [0.15, 0.2) is 30.6 Å². The fraction of sp³-hybridized carbons (Fsp3) is 0.421. The average molecular weight is 339 g/mol. The summed E-state index contributed by atoms with van der Waals surface area (Å²) in [5, 5.41) is 2.90. The van der Waals surface area contributed by atoms with Crippen LogP contribution in [-0.2, 0) is 0 Å². The second kappa shape index (κ2) is 7.61. The predicted octanol–water partition coefficient (Wildman–Crippen LogP) is 2.49. The van der Waals surface area contributed by atoms with Gasteiger partial charge in [0.1, 0.15) is 5.69 Å². The van der Waals surface area contributed by atoms with Gasteiger partial charge in [-0.1, -0.05) is 6.92 Å². The molecule has 25 heavy (non-hydrogen) atoms. The second-order valence-corrected chi connectivity index (χ2v) is 6.42. The van der Waals surface area contributed by atoms with E-state index in [2.05, 4.69) is 45.0 Å². The summed E-state index contributed by atoms with van der Waals surface area (Å²) in [7, 11) is 0. The monoisotopic (exact) mass is 339 g/mol. The molecule has 1 N–H and O–H groups in total. The molecular formula is C19H25N5O. The Labute approximate surface area is 148 Å². The van der Waals surface area contributed by atoms with E-state index < -0.39 is 0 Å². The summed E-state index contributed by atoms with van der Waals surface area (Å²) >= 11 is 0. The Morgan fingerprint density at radius 2 is 1.88 bits per heavy atom. The lowest BCUT2D eigenvalue weighted by Crippen LogP contribution is -2.46. The highest BCUT2D eigenvalue weighted by Gasteiger charge is 2.17. The number of carbonyl (C=O) groups is 1. The molecule has 0 unspecified atom stereocenters. The minimum atomic E-state index is -0.240. The predicted molar refractivity (Wildman–Crippen MR) is 100 cm³/mol. The molecule has 0 spiro atoms. The van der Waals surface area contributed by atoms with Crippen molar-refractivity contribution >= 4 is 17.3 Å². The zero-order valence-electron chi connectivity index (χ0n) is 15.1. The number of nitrogens with one attached hydrogen (secondary N) is 1. The summed E-state index contributed by atoms with van der Waals surface area (Å²) in [5.74, 6) is -0.240. The van der Waals surface area contributed by atoms with Gasteiger partial charge in [-0.15, -0.1) is 0 Å². The molecule has 0 saturated carbocycles. The molecule has 1 saturated heterocycles. The van der Waals surface area contributed by atoms with Crippen LogP contribution in [0.25, 0.3) is 0 Å². The van der Waals surface area contributed by atoms with Crippen molar-refractivity contribution in [3.8, 4) is 0 Å². The molecule has 2 aromatic rings. The van der Waals surface area contributed by atoms with Crippen LogP contribution in [-0.4, -0.2) is 53.5 Å². The van der Waals surface area contributed by atoms with Crippen molar-refractivity contribution in [2.75, 3.05) is 42.9 Å². The van der Waals surface area contributed by atoms with Crippen molar-refractivity contribution in [3.63, 3.8) is 0 Å². The standard InChI is InChI=1S/C19H25N5O/c1-4-23-7-9-24(10-8-23)18-6-5-16(11-14(18)2)22-19(25)17-13-20-15(3)12-21-17/h5-6,11-13H,4,7-10H2,1-3H3,(H,22,25). The number of carbonyl (C=O) groups excluding carboxylic acids is 1. The number of nitrogens with zero attached hydrogens (tertiary/aromatic N) is 4. The van der Waals surface area contributed by atoms with E-state index >= 15 is 0 Å². The Hall–Kier alpha value is -2.47. The summed E-state index contributed by atoms with van der Waals surface area (Å²) in [6.07, 6.45) is 3.10. The van der Waals surface area contributed by atoms with E-state index in [1.54, 1.807) is 6.20 Å². The van der Waals surface area contributed by atoms with Gasteiger partial charge >= 0.3 is 0 Å². The lowest BCUT2D eigenvalue weighted by atomic mass is 10.1. The van der Waals surface area contributed by atoms with Crippen LogP contribution in [0.3, 0.4) is 0 Å². The number of hydrogen-bond acceptors (Lipinski definition) is 5. The van der Waals surface area contributed by atoms with E-state index in [4.69, 9.17) is 0 Å². The van der Waals surface area contributed by atoms with Crippen molar-refractivity contribution in [1.29, 1.82) is 0 Å². The van der Waals surface area contributed by atoms with Gasteiger partial charge in [0, 0.05) is 43.8 Å². The molecule has 0 atom stereocenters. The van der Waals surface area contributed by atoms with E-state index in [9.17, 15) is 4.79 Å². The second-order valence-electron chi connectivity index (χ2n) is 6.42. The topological polar surface area (TPSA) is 61.4 Å². The first-order chi connectivity index (χ1) is 12.1. The number of anilines is 2. The van der Waals surface area contributed by atoms with Crippen LogP contribution in [0.2, 0.25) is 0 Å². The quantitative estimate of drug-likeness (QED) is 0.927. The smallest absolute Gasteiger partial charge is 0.275 e. The molecule has 132 valence electrons. The molecule has 1 aromatic carbocycles. The Bertz CT molecular complexity index is 736. The summed E-state index contributed by atoms with van der Waals surface area (Å²) in [6, 6.07) is 6.06. The first-order valence-electron chi connectivity index (χ1n) is 8.74. The van der Waals surface area contributed by atoms with Crippen LogP contribution < -0.4 is 10.2 Å². The number of piperazine rings is 1. The molecule has 6 heteroatoms. The number of hydrogen-bond donors (Lipinski definition) is 1. The Morgan fingerprint density at radius 1 is 1.12 bits per heavy atom. The number of likely N-dealkylation sites (N-methyl/N-ethyl adjacent to an activating group) is 1. The molecule has 0 bridgehead atoms. The summed E-state index contributed by atoms with van der Waals surface area (Å²) in [5.41, 5.74) is 4.30. The van der Waals surface area contributed by atoms with Crippen LogP contribution in [0.5, 0.6) is 0 Å². The lowest BCUT2D eigenvalue weighted by molar-refractivity contribution is 0.102. The number of amides is 1. The fourth-order valence-electron chi connectivity index (χ4n) is 3.10. The van der Waals surface area contributed by atoms with Crippen molar-refractivity contribution in [2.24, 2.45) is 0 Å². The maximum atomic E-state index is 12.3. The molecular weight excluding hydrogens is 314 g/mol. The van der Waals surface area contributed by atoms with Gasteiger partial charge in [0.25, 0.3) is 5.91 Å². The van der Waals surface area contributed by atoms with Gasteiger partial charge in [0.2, 0.25) is 0 Å². The molecule has 3 rings (SSSR count). The van der Waals surface area contributed by atoms with E-state index in [-0.39, 0.29) is 5.91 Å². The third kappa shape index (κ3) is 4.14. The van der Waals surface area contributed by atoms with Gasteiger partial charge in [-0.25, -0.2) is 4.98 Å². The van der Waals surface area contributed by atoms with Crippen LogP contribution in [0.1, 0.15) is 28.7 Å². The third-order valence-corrected chi connectivity index (χ3v) is 4.63. The van der Waals surface area contributed by atoms with E-state index in [1.807, 2.05) is 19.1 Å². The number of rotatable bonds is 4. The molecule has 2 heterocycles. The highest BCUT2D eigenvalue weighted by molar-refractivity contribution is 6.02. The zero-order valence-corrected chi connectivity index (χ0v) is 15.1. The number of benzene rings is 1. The number of aromatic nitrogens is 2. The van der Waals surface area contributed by atoms with E-state index in [0.29, 0.717) is 5.69 Å². The maximum Gasteiger partial charge on any atom is 0.275 e. The Kier molecular flexibility index (Phi) is 5.28. The molecule has 1 amide bonds. The Balaban J connectivity index is 1.67. The number of aryl methyl sites for hydroxylation is 2. The first-order valence-corrected chi connectivity index (χ1v) is 8.74. The molecule has 1 aliphatic rings. The average Bonchev–Trinajstić information content (AvgIpc) is 2.62. The van der Waals surface area contributed by atoms with Gasteiger partial charge in [0.05, 0.1) is 11.9 Å². The zero-order chi connectivity index (χ0) is 17.8. The largest absolute Gasteiger partial charge is 0.369 e. The fourth-order valence-corrected chi connectivity index (χ4v) is 3.10. The van der Waals surface area contributed by atoms with Crippen LogP contribution in [0, 0.1) is 13.8 Å². The summed E-state index contributed by atoms with van der Waals surface area (Å²) in [4.78, 5) is 25.4. The van der Waals surface area contributed by atoms with Gasteiger partial charge in [-0.05, 0) is 44.2 Å². The minimum absolute atomic E-state index is 0.240. The molecule has 1 aliphatic heterocycles.